The lowest BCUT2D eigenvalue weighted by atomic mass is 10.1. The summed E-state index contributed by atoms with van der Waals surface area (Å²) in [5, 5.41) is 3.64. The number of thiophene rings is 1. The van der Waals surface area contributed by atoms with Crippen molar-refractivity contribution in [1.82, 2.24) is 5.32 Å². The van der Waals surface area contributed by atoms with Crippen molar-refractivity contribution in [3.63, 3.8) is 0 Å². The standard InChI is InChI=1S/C19H17BrFNO3S/c1-24-15-8-11(14(20)10-16(15)25-2)5-6-22-19(23)18-9-12-7-13(21)3-4-17(12)26-18/h3-4,7-10H,5-6H2,1-2H3,(H,22,23). The van der Waals surface area contributed by atoms with E-state index in [9.17, 15) is 9.18 Å². The molecule has 1 N–H and O–H groups in total. The van der Waals surface area contributed by atoms with E-state index in [-0.39, 0.29) is 11.7 Å². The van der Waals surface area contributed by atoms with Gasteiger partial charge in [-0.05, 0) is 53.8 Å². The van der Waals surface area contributed by atoms with Crippen molar-refractivity contribution in [2.75, 3.05) is 20.8 Å². The van der Waals surface area contributed by atoms with E-state index < -0.39 is 0 Å². The summed E-state index contributed by atoms with van der Waals surface area (Å²) in [4.78, 5) is 12.9. The molecule has 0 saturated heterocycles. The molecule has 4 nitrogen and oxygen atoms in total. The van der Waals surface area contributed by atoms with Crippen molar-refractivity contribution < 1.29 is 18.7 Å². The Bertz CT molecular complexity index is 957. The van der Waals surface area contributed by atoms with Crippen molar-refractivity contribution in [2.24, 2.45) is 0 Å². The van der Waals surface area contributed by atoms with E-state index in [1.165, 1.54) is 23.5 Å². The summed E-state index contributed by atoms with van der Waals surface area (Å²) in [6, 6.07) is 9.96. The Balaban J connectivity index is 1.66. The zero-order valence-corrected chi connectivity index (χ0v) is 16.7. The number of fused-ring (bicyclic) bond motifs is 1. The number of amides is 1. The summed E-state index contributed by atoms with van der Waals surface area (Å²) in [5.74, 6) is 0.817. The summed E-state index contributed by atoms with van der Waals surface area (Å²) in [7, 11) is 3.17. The first-order valence-corrected chi connectivity index (χ1v) is 9.50. The van der Waals surface area contributed by atoms with Crippen molar-refractivity contribution in [1.29, 1.82) is 0 Å². The van der Waals surface area contributed by atoms with Gasteiger partial charge in [0.2, 0.25) is 0 Å². The highest BCUT2D eigenvalue weighted by molar-refractivity contribution is 9.10. The molecule has 1 aromatic heterocycles. The Labute approximate surface area is 163 Å². The number of halogens is 2. The van der Waals surface area contributed by atoms with Crippen LogP contribution in [0.2, 0.25) is 0 Å². The van der Waals surface area contributed by atoms with Crippen LogP contribution in [0.15, 0.2) is 40.9 Å². The van der Waals surface area contributed by atoms with Crippen molar-refractivity contribution in [3.05, 3.63) is 57.1 Å². The number of carbonyl (C=O) groups excluding carboxylic acids is 1. The lowest BCUT2D eigenvalue weighted by Gasteiger charge is -2.12. The number of hydrogen-bond donors (Lipinski definition) is 1. The molecular formula is C19H17BrFNO3S. The van der Waals surface area contributed by atoms with Gasteiger partial charge in [-0.1, -0.05) is 15.9 Å². The van der Waals surface area contributed by atoms with Crippen LogP contribution in [-0.4, -0.2) is 26.7 Å². The van der Waals surface area contributed by atoms with Crippen LogP contribution in [0.4, 0.5) is 4.39 Å². The predicted octanol–water partition coefficient (Wildman–Crippen LogP) is 4.79. The minimum atomic E-state index is -0.305. The van der Waals surface area contributed by atoms with Crippen LogP contribution in [0, 0.1) is 5.82 Å². The second kappa shape index (κ2) is 8.05. The lowest BCUT2D eigenvalue weighted by molar-refractivity contribution is 0.0958. The van der Waals surface area contributed by atoms with Gasteiger partial charge in [0, 0.05) is 15.7 Å². The van der Waals surface area contributed by atoms with E-state index in [1.807, 2.05) is 12.1 Å². The van der Waals surface area contributed by atoms with Gasteiger partial charge in [0.25, 0.3) is 5.91 Å². The van der Waals surface area contributed by atoms with Gasteiger partial charge in [0.15, 0.2) is 11.5 Å². The molecule has 0 radical (unpaired) electrons. The van der Waals surface area contributed by atoms with Crippen LogP contribution in [0.5, 0.6) is 11.5 Å². The van der Waals surface area contributed by atoms with Crippen LogP contribution in [0.1, 0.15) is 15.2 Å². The van der Waals surface area contributed by atoms with E-state index in [4.69, 9.17) is 9.47 Å². The highest BCUT2D eigenvalue weighted by Gasteiger charge is 2.12. The van der Waals surface area contributed by atoms with E-state index in [1.54, 1.807) is 26.4 Å². The summed E-state index contributed by atoms with van der Waals surface area (Å²) < 4.78 is 25.6. The number of methoxy groups -OCH3 is 2. The van der Waals surface area contributed by atoms with Gasteiger partial charge in [-0.2, -0.15) is 0 Å². The molecule has 2 aromatic carbocycles. The Hall–Kier alpha value is -2.12. The van der Waals surface area contributed by atoms with Gasteiger partial charge >= 0.3 is 0 Å². The number of nitrogens with one attached hydrogen (secondary N) is 1. The Kier molecular flexibility index (Phi) is 5.78. The van der Waals surface area contributed by atoms with E-state index in [0.717, 1.165) is 20.1 Å². The first kappa shape index (κ1) is 18.7. The topological polar surface area (TPSA) is 47.6 Å². The maximum atomic E-state index is 13.3. The third-order valence-electron chi connectivity index (χ3n) is 3.93. The van der Waals surface area contributed by atoms with E-state index in [2.05, 4.69) is 21.2 Å². The molecule has 0 bridgehead atoms. The molecule has 7 heteroatoms. The molecule has 26 heavy (non-hydrogen) atoms. The smallest absolute Gasteiger partial charge is 0.261 e. The van der Waals surface area contributed by atoms with Gasteiger partial charge in [-0.3, -0.25) is 4.79 Å². The number of benzene rings is 2. The Morgan fingerprint density at radius 1 is 1.15 bits per heavy atom. The van der Waals surface area contributed by atoms with E-state index in [0.29, 0.717) is 29.3 Å². The van der Waals surface area contributed by atoms with Crippen molar-refractivity contribution in [2.45, 2.75) is 6.42 Å². The van der Waals surface area contributed by atoms with Crippen LogP contribution in [0.3, 0.4) is 0 Å². The zero-order chi connectivity index (χ0) is 18.7. The number of carbonyl (C=O) groups is 1. The fourth-order valence-electron chi connectivity index (χ4n) is 2.61. The fraction of sp³-hybridized carbons (Fsp3) is 0.211. The SMILES string of the molecule is COc1cc(Br)c(CCNC(=O)c2cc3cc(F)ccc3s2)cc1OC. The third kappa shape index (κ3) is 3.99. The number of ether oxygens (including phenoxy) is 2. The van der Waals surface area contributed by atoms with Crippen LogP contribution in [-0.2, 0) is 6.42 Å². The molecule has 0 aliphatic rings. The number of hydrogen-bond acceptors (Lipinski definition) is 4. The summed E-state index contributed by atoms with van der Waals surface area (Å²) in [6.45, 7) is 0.468. The fourth-order valence-corrected chi connectivity index (χ4v) is 4.09. The second-order valence-corrected chi connectivity index (χ2v) is 7.54. The molecule has 0 unspecified atom stereocenters. The molecule has 136 valence electrons. The summed E-state index contributed by atoms with van der Waals surface area (Å²) in [6.07, 6.45) is 0.631. The monoisotopic (exact) mass is 437 g/mol. The van der Waals surface area contributed by atoms with Gasteiger partial charge in [-0.25, -0.2) is 4.39 Å². The van der Waals surface area contributed by atoms with Crippen molar-refractivity contribution >= 4 is 43.3 Å². The Morgan fingerprint density at radius 3 is 2.62 bits per heavy atom. The molecule has 0 aliphatic carbocycles. The molecule has 0 saturated carbocycles. The second-order valence-electron chi connectivity index (χ2n) is 5.60. The largest absolute Gasteiger partial charge is 0.493 e. The minimum Gasteiger partial charge on any atom is -0.493 e. The Morgan fingerprint density at radius 2 is 1.88 bits per heavy atom. The molecule has 0 aliphatic heterocycles. The molecular weight excluding hydrogens is 421 g/mol. The number of rotatable bonds is 6. The quantitative estimate of drug-likeness (QED) is 0.602. The van der Waals surface area contributed by atoms with Gasteiger partial charge in [0.05, 0.1) is 19.1 Å². The maximum Gasteiger partial charge on any atom is 0.261 e. The van der Waals surface area contributed by atoms with Gasteiger partial charge < -0.3 is 14.8 Å². The van der Waals surface area contributed by atoms with Crippen LogP contribution in [0.25, 0.3) is 10.1 Å². The van der Waals surface area contributed by atoms with Crippen LogP contribution < -0.4 is 14.8 Å². The minimum absolute atomic E-state index is 0.164. The molecule has 3 rings (SSSR count). The molecule has 0 spiro atoms. The first-order valence-electron chi connectivity index (χ1n) is 7.89. The molecule has 1 amide bonds. The van der Waals surface area contributed by atoms with E-state index >= 15 is 0 Å². The molecule has 0 atom stereocenters. The van der Waals surface area contributed by atoms with Gasteiger partial charge in [0.1, 0.15) is 5.82 Å². The highest BCUT2D eigenvalue weighted by Crippen LogP contribution is 2.33. The normalized spacial score (nSPS) is 10.8. The summed E-state index contributed by atoms with van der Waals surface area (Å²) in [5.41, 5.74) is 1.00. The molecule has 3 aromatic rings. The first-order chi connectivity index (χ1) is 12.5. The lowest BCUT2D eigenvalue weighted by Crippen LogP contribution is -2.24. The third-order valence-corrected chi connectivity index (χ3v) is 5.79. The predicted molar refractivity (Wildman–Crippen MR) is 105 cm³/mol. The highest BCUT2D eigenvalue weighted by atomic mass is 79.9. The zero-order valence-electron chi connectivity index (χ0n) is 14.3. The average molecular weight is 438 g/mol. The molecule has 1 heterocycles. The maximum absolute atomic E-state index is 13.3. The van der Waals surface area contributed by atoms with Gasteiger partial charge in [-0.15, -0.1) is 11.3 Å². The van der Waals surface area contributed by atoms with Crippen LogP contribution >= 0.6 is 27.3 Å². The average Bonchev–Trinajstić information content (AvgIpc) is 3.05. The molecule has 0 fully saturated rings. The van der Waals surface area contributed by atoms with Crippen molar-refractivity contribution in [3.8, 4) is 11.5 Å². The summed E-state index contributed by atoms with van der Waals surface area (Å²) >= 11 is 4.86.